The maximum Gasteiger partial charge on any atom is 0.249 e. The van der Waals surface area contributed by atoms with E-state index in [0.717, 1.165) is 12.8 Å². The monoisotopic (exact) mass is 442 g/mol. The highest BCUT2D eigenvalue weighted by Gasteiger charge is 2.39. The smallest absolute Gasteiger partial charge is 0.249 e. The van der Waals surface area contributed by atoms with Crippen LogP contribution in [0.3, 0.4) is 0 Å². The lowest BCUT2D eigenvalue weighted by Crippen LogP contribution is -2.37. The highest BCUT2D eigenvalue weighted by atomic mass is 32.2. The molecule has 2 aliphatic rings. The number of amides is 3. The van der Waals surface area contributed by atoms with Crippen molar-refractivity contribution < 1.29 is 28.7 Å². The average Bonchev–Trinajstić information content (AvgIpc) is 2.99. The topological polar surface area (TPSA) is 102 Å². The van der Waals surface area contributed by atoms with Crippen LogP contribution < -0.4 is 5.32 Å². The molecule has 3 amide bonds. The van der Waals surface area contributed by atoms with Crippen LogP contribution in [0.15, 0.2) is 0 Å². The molecular formula is C21H34N2O6S. The summed E-state index contributed by atoms with van der Waals surface area (Å²) in [6.07, 6.45) is 5.51. The number of hydrogen-bond acceptors (Lipinski definition) is 7. The fraction of sp³-hybridized carbons (Fsp3) is 0.810. The zero-order chi connectivity index (χ0) is 21.9. The summed E-state index contributed by atoms with van der Waals surface area (Å²) in [5.41, 5.74) is 0. The Bertz CT molecular complexity index is 608. The van der Waals surface area contributed by atoms with Crippen molar-refractivity contribution >= 4 is 35.3 Å². The number of carbonyl (C=O) groups excluding carboxylic acids is 4. The van der Waals surface area contributed by atoms with Gasteiger partial charge in [0.05, 0.1) is 31.6 Å². The van der Waals surface area contributed by atoms with Crippen molar-refractivity contribution in [3.8, 4) is 0 Å². The van der Waals surface area contributed by atoms with Crippen molar-refractivity contribution in [2.75, 3.05) is 38.7 Å². The number of ether oxygens (including phenoxy) is 2. The van der Waals surface area contributed by atoms with Gasteiger partial charge in [0.25, 0.3) is 0 Å². The highest BCUT2D eigenvalue weighted by molar-refractivity contribution is 8.00. The van der Waals surface area contributed by atoms with E-state index in [4.69, 9.17) is 9.47 Å². The maximum absolute atomic E-state index is 12.6. The first-order valence-corrected chi connectivity index (χ1v) is 11.9. The van der Waals surface area contributed by atoms with Gasteiger partial charge in [0.15, 0.2) is 0 Å². The highest BCUT2D eigenvalue weighted by Crippen LogP contribution is 2.29. The minimum atomic E-state index is -0.653. The number of imide groups is 1. The quantitative estimate of drug-likeness (QED) is 0.341. The molecule has 2 unspecified atom stereocenters. The van der Waals surface area contributed by atoms with E-state index in [9.17, 15) is 19.2 Å². The first kappa shape index (κ1) is 24.8. The Balaban J connectivity index is 1.54. The first-order valence-electron chi connectivity index (χ1n) is 10.8. The predicted molar refractivity (Wildman–Crippen MR) is 114 cm³/mol. The zero-order valence-corrected chi connectivity index (χ0v) is 18.8. The molecule has 0 aromatic carbocycles. The van der Waals surface area contributed by atoms with Crippen LogP contribution in [0.2, 0.25) is 0 Å². The molecule has 0 aromatic heterocycles. The van der Waals surface area contributed by atoms with E-state index in [1.807, 2.05) is 0 Å². The summed E-state index contributed by atoms with van der Waals surface area (Å²) < 4.78 is 10.9. The molecule has 1 heterocycles. The van der Waals surface area contributed by atoms with E-state index in [2.05, 4.69) is 5.32 Å². The van der Waals surface area contributed by atoms with Crippen molar-refractivity contribution in [3.63, 3.8) is 0 Å². The van der Waals surface area contributed by atoms with Crippen LogP contribution in [-0.4, -0.2) is 78.4 Å². The summed E-state index contributed by atoms with van der Waals surface area (Å²) in [6, 6.07) is 0. The molecule has 1 N–H and O–H groups in total. The van der Waals surface area contributed by atoms with Gasteiger partial charge >= 0.3 is 0 Å². The van der Waals surface area contributed by atoms with Gasteiger partial charge in [0.2, 0.25) is 17.7 Å². The predicted octanol–water partition coefficient (Wildman–Crippen LogP) is 1.55. The lowest BCUT2D eigenvalue weighted by atomic mass is 9.89. The van der Waals surface area contributed by atoms with Crippen LogP contribution in [0.1, 0.15) is 52.4 Å². The number of hydrogen-bond donors (Lipinski definition) is 1. The second kappa shape index (κ2) is 13.1. The Morgan fingerprint density at radius 2 is 1.90 bits per heavy atom. The minimum absolute atomic E-state index is 0.000725. The van der Waals surface area contributed by atoms with Gasteiger partial charge in [-0.3, -0.25) is 24.1 Å². The van der Waals surface area contributed by atoms with Crippen LogP contribution in [0.5, 0.6) is 0 Å². The number of nitrogens with one attached hydrogen (secondary N) is 1. The number of nitrogens with zero attached hydrogens (tertiary/aromatic N) is 1. The zero-order valence-electron chi connectivity index (χ0n) is 18.0. The van der Waals surface area contributed by atoms with Crippen LogP contribution in [0.25, 0.3) is 0 Å². The third kappa shape index (κ3) is 8.35. The molecule has 2 rings (SSSR count). The Hall–Kier alpha value is -1.45. The van der Waals surface area contributed by atoms with Crippen LogP contribution >= 0.6 is 11.8 Å². The number of carbonyl (C=O) groups is 4. The van der Waals surface area contributed by atoms with E-state index in [1.165, 1.54) is 42.8 Å². The molecular weight excluding hydrogens is 408 g/mol. The third-order valence-electron chi connectivity index (χ3n) is 5.39. The number of thioether (sulfide) groups is 1. The molecule has 1 saturated heterocycles. The molecule has 0 radical (unpaired) electrons. The molecule has 2 fully saturated rings. The SMILES string of the molecule is CC(=O)CNC(=O)C(C)OCCOCCSC1CC(=O)N(CC2CCCCC2)C1=O. The van der Waals surface area contributed by atoms with Crippen LogP contribution in [-0.2, 0) is 28.7 Å². The molecule has 8 nitrogen and oxygen atoms in total. The molecule has 170 valence electrons. The first-order chi connectivity index (χ1) is 14.4. The largest absolute Gasteiger partial charge is 0.378 e. The van der Waals surface area contributed by atoms with Crippen molar-refractivity contribution in [3.05, 3.63) is 0 Å². The molecule has 0 aromatic rings. The second-order valence-corrected chi connectivity index (χ2v) is 9.27. The van der Waals surface area contributed by atoms with Gasteiger partial charge in [-0.1, -0.05) is 19.3 Å². The lowest BCUT2D eigenvalue weighted by Gasteiger charge is -2.25. The van der Waals surface area contributed by atoms with E-state index < -0.39 is 6.10 Å². The number of Topliss-reactive ketones (excluding diaryl/α,β-unsaturated/α-hetero) is 1. The molecule has 0 spiro atoms. The third-order valence-corrected chi connectivity index (χ3v) is 6.56. The van der Waals surface area contributed by atoms with E-state index in [1.54, 1.807) is 6.92 Å². The maximum atomic E-state index is 12.6. The number of rotatable bonds is 13. The fourth-order valence-corrected chi connectivity index (χ4v) is 4.70. The summed E-state index contributed by atoms with van der Waals surface area (Å²) in [4.78, 5) is 48.8. The Labute approximate surface area is 182 Å². The number of likely N-dealkylation sites (tertiary alicyclic amines) is 1. The molecule has 0 bridgehead atoms. The Morgan fingerprint density at radius 3 is 2.60 bits per heavy atom. The van der Waals surface area contributed by atoms with Gasteiger partial charge in [0, 0.05) is 18.7 Å². The van der Waals surface area contributed by atoms with Crippen LogP contribution in [0.4, 0.5) is 0 Å². The van der Waals surface area contributed by atoms with E-state index in [0.29, 0.717) is 31.4 Å². The Kier molecular flexibility index (Phi) is 10.8. The van der Waals surface area contributed by atoms with Gasteiger partial charge in [-0.25, -0.2) is 0 Å². The Morgan fingerprint density at radius 1 is 1.17 bits per heavy atom. The summed E-state index contributed by atoms with van der Waals surface area (Å²) in [5, 5.41) is 2.19. The summed E-state index contributed by atoms with van der Waals surface area (Å²) in [6.45, 7) is 4.64. The molecule has 1 aliphatic carbocycles. The van der Waals surface area contributed by atoms with Crippen molar-refractivity contribution in [1.29, 1.82) is 0 Å². The van der Waals surface area contributed by atoms with Crippen molar-refractivity contribution in [2.45, 2.75) is 63.7 Å². The standard InChI is InChI=1S/C21H34N2O6S/c1-15(24)13-22-20(26)16(2)29-9-8-28-10-11-30-18-12-19(25)23(21(18)27)14-17-6-4-3-5-7-17/h16-18H,3-14H2,1-2H3,(H,22,26). The summed E-state index contributed by atoms with van der Waals surface area (Å²) in [5.74, 6) is 0.540. The lowest BCUT2D eigenvalue weighted by molar-refractivity contribution is -0.139. The normalized spacial score (nSPS) is 21.1. The van der Waals surface area contributed by atoms with Crippen LogP contribution in [0, 0.1) is 5.92 Å². The van der Waals surface area contributed by atoms with Gasteiger partial charge < -0.3 is 14.8 Å². The minimum Gasteiger partial charge on any atom is -0.378 e. The van der Waals surface area contributed by atoms with Gasteiger partial charge in [-0.15, -0.1) is 11.8 Å². The average molecular weight is 443 g/mol. The van der Waals surface area contributed by atoms with Gasteiger partial charge in [-0.2, -0.15) is 0 Å². The summed E-state index contributed by atoms with van der Waals surface area (Å²) >= 11 is 1.47. The molecule has 1 saturated carbocycles. The van der Waals surface area contributed by atoms with E-state index >= 15 is 0 Å². The number of ketones is 1. The molecule has 1 aliphatic heterocycles. The second-order valence-electron chi connectivity index (χ2n) is 7.96. The van der Waals surface area contributed by atoms with Gasteiger partial charge in [-0.05, 0) is 32.6 Å². The van der Waals surface area contributed by atoms with Crippen molar-refractivity contribution in [2.24, 2.45) is 5.92 Å². The molecule has 2 atom stereocenters. The molecule has 9 heteroatoms. The summed E-state index contributed by atoms with van der Waals surface area (Å²) in [7, 11) is 0. The molecule has 30 heavy (non-hydrogen) atoms. The fourth-order valence-electron chi connectivity index (χ4n) is 3.67. The van der Waals surface area contributed by atoms with Gasteiger partial charge in [0.1, 0.15) is 11.9 Å². The van der Waals surface area contributed by atoms with E-state index in [-0.39, 0.29) is 48.3 Å². The van der Waals surface area contributed by atoms with Crippen molar-refractivity contribution in [1.82, 2.24) is 10.2 Å².